The van der Waals surface area contributed by atoms with Crippen molar-refractivity contribution in [2.24, 2.45) is 0 Å². The van der Waals surface area contributed by atoms with Crippen LogP contribution in [0.15, 0.2) is 36.5 Å². The van der Waals surface area contributed by atoms with E-state index in [9.17, 15) is 9.90 Å². The zero-order valence-electron chi connectivity index (χ0n) is 19.7. The Kier molecular flexibility index (Phi) is 8.14. The molecule has 0 aliphatic heterocycles. The van der Waals surface area contributed by atoms with E-state index in [-0.39, 0.29) is 24.2 Å². The van der Waals surface area contributed by atoms with Gasteiger partial charge in [-0.2, -0.15) is 0 Å². The third-order valence-electron chi connectivity index (χ3n) is 6.26. The van der Waals surface area contributed by atoms with Crippen molar-refractivity contribution >= 4 is 35.3 Å². The molecule has 1 aromatic carbocycles. The fourth-order valence-corrected chi connectivity index (χ4v) is 5.40. The second kappa shape index (κ2) is 10.7. The van der Waals surface area contributed by atoms with Crippen molar-refractivity contribution in [2.45, 2.75) is 71.8 Å². The van der Waals surface area contributed by atoms with Crippen LogP contribution in [0.4, 0.5) is 5.69 Å². The lowest BCUT2D eigenvalue weighted by Crippen LogP contribution is -2.36. The summed E-state index contributed by atoms with van der Waals surface area (Å²) in [6, 6.07) is 9.55. The standard InChI is InChI=1S/C26H31N3O2S.ClH/c1-5-25-28-17(4)24(32-25)15-29(18-12-13-22(16(2)3)27-14-18)26(31)21-10-6-9-20-19(21)8-7-11-23(20)30;/h7-8,11-14,16,21,30H,5-6,9-10,15H2,1-4H3;1H. The number of rotatable bonds is 6. The lowest BCUT2D eigenvalue weighted by molar-refractivity contribution is -0.120. The summed E-state index contributed by atoms with van der Waals surface area (Å²) < 4.78 is 0. The molecule has 4 rings (SSSR count). The molecule has 7 heteroatoms. The maximum Gasteiger partial charge on any atom is 0.234 e. The number of carbonyl (C=O) groups excluding carboxylic acids is 1. The fraction of sp³-hybridized carbons (Fsp3) is 0.423. The van der Waals surface area contributed by atoms with Crippen LogP contribution >= 0.6 is 23.7 Å². The quantitative estimate of drug-likeness (QED) is 0.444. The van der Waals surface area contributed by atoms with Crippen molar-refractivity contribution in [3.8, 4) is 5.75 Å². The Morgan fingerprint density at radius 3 is 2.70 bits per heavy atom. The molecule has 1 unspecified atom stereocenters. The highest BCUT2D eigenvalue weighted by molar-refractivity contribution is 7.11. The van der Waals surface area contributed by atoms with Crippen molar-refractivity contribution in [1.82, 2.24) is 9.97 Å². The Hall–Kier alpha value is -2.44. The monoisotopic (exact) mass is 485 g/mol. The van der Waals surface area contributed by atoms with Gasteiger partial charge in [0.25, 0.3) is 0 Å². The van der Waals surface area contributed by atoms with Crippen LogP contribution in [0.1, 0.15) is 77.8 Å². The summed E-state index contributed by atoms with van der Waals surface area (Å²) in [5, 5.41) is 11.4. The van der Waals surface area contributed by atoms with Crippen LogP contribution in [-0.2, 0) is 24.2 Å². The van der Waals surface area contributed by atoms with E-state index in [0.29, 0.717) is 18.2 Å². The van der Waals surface area contributed by atoms with E-state index in [2.05, 4.69) is 30.7 Å². The van der Waals surface area contributed by atoms with E-state index in [1.807, 2.05) is 42.3 Å². The number of pyridine rings is 1. The molecular formula is C26H32ClN3O2S. The topological polar surface area (TPSA) is 66.3 Å². The van der Waals surface area contributed by atoms with Crippen LogP contribution in [-0.4, -0.2) is 21.0 Å². The highest BCUT2D eigenvalue weighted by atomic mass is 35.5. The summed E-state index contributed by atoms with van der Waals surface area (Å²) in [5.41, 5.74) is 4.66. The lowest BCUT2D eigenvalue weighted by atomic mass is 9.81. The number of carbonyl (C=O) groups is 1. The normalized spacial score (nSPS) is 15.1. The summed E-state index contributed by atoms with van der Waals surface area (Å²) in [6.07, 6.45) is 5.18. The SMILES string of the molecule is CCc1nc(C)c(CN(C(=O)C2CCCc3c(O)cccc32)c2ccc(C(C)C)nc2)s1.Cl. The molecule has 1 amide bonds. The van der Waals surface area contributed by atoms with Crippen molar-refractivity contribution < 1.29 is 9.90 Å². The first-order valence-electron chi connectivity index (χ1n) is 11.4. The number of benzene rings is 1. The van der Waals surface area contributed by atoms with Crippen LogP contribution in [0.3, 0.4) is 0 Å². The van der Waals surface area contributed by atoms with Gasteiger partial charge >= 0.3 is 0 Å². The van der Waals surface area contributed by atoms with Crippen LogP contribution in [0.5, 0.6) is 5.75 Å². The van der Waals surface area contributed by atoms with Crippen LogP contribution in [0.25, 0.3) is 0 Å². The van der Waals surface area contributed by atoms with Gasteiger partial charge in [0.2, 0.25) is 5.91 Å². The summed E-state index contributed by atoms with van der Waals surface area (Å²) in [4.78, 5) is 26.2. The molecule has 2 heterocycles. The molecule has 3 aromatic rings. The van der Waals surface area contributed by atoms with Gasteiger partial charge in [-0.3, -0.25) is 9.78 Å². The van der Waals surface area contributed by atoms with E-state index in [1.165, 1.54) is 0 Å². The van der Waals surface area contributed by atoms with E-state index in [0.717, 1.165) is 63.8 Å². The number of thiazole rings is 1. The molecule has 33 heavy (non-hydrogen) atoms. The van der Waals surface area contributed by atoms with Gasteiger partial charge in [-0.15, -0.1) is 23.7 Å². The number of phenolic OH excluding ortho intramolecular Hbond substituents is 1. The minimum absolute atomic E-state index is 0. The predicted octanol–water partition coefficient (Wildman–Crippen LogP) is 6.31. The number of aromatic nitrogens is 2. The van der Waals surface area contributed by atoms with Gasteiger partial charge in [0.1, 0.15) is 5.75 Å². The van der Waals surface area contributed by atoms with Gasteiger partial charge < -0.3 is 10.0 Å². The highest BCUT2D eigenvalue weighted by Crippen LogP contribution is 2.38. The smallest absolute Gasteiger partial charge is 0.234 e. The Morgan fingerprint density at radius 1 is 1.27 bits per heavy atom. The molecule has 1 aliphatic carbocycles. The van der Waals surface area contributed by atoms with Crippen LogP contribution in [0.2, 0.25) is 0 Å². The molecule has 0 bridgehead atoms. The second-order valence-corrected chi connectivity index (χ2v) is 9.95. The number of aryl methyl sites for hydroxylation is 2. The van der Waals surface area contributed by atoms with Crippen molar-refractivity contribution in [3.63, 3.8) is 0 Å². The van der Waals surface area contributed by atoms with Crippen LogP contribution in [0, 0.1) is 6.92 Å². The van der Waals surface area contributed by atoms with E-state index in [1.54, 1.807) is 17.4 Å². The van der Waals surface area contributed by atoms with Crippen molar-refractivity contribution in [3.05, 3.63) is 68.9 Å². The molecule has 0 saturated heterocycles. The number of hydrogen-bond acceptors (Lipinski definition) is 5. The van der Waals surface area contributed by atoms with Crippen molar-refractivity contribution in [1.29, 1.82) is 0 Å². The minimum atomic E-state index is -0.269. The first kappa shape index (κ1) is 25.2. The van der Waals surface area contributed by atoms with E-state index < -0.39 is 0 Å². The number of anilines is 1. The number of amides is 1. The number of halogens is 1. The summed E-state index contributed by atoms with van der Waals surface area (Å²) in [6.45, 7) is 8.83. The molecule has 176 valence electrons. The third kappa shape index (κ3) is 5.22. The van der Waals surface area contributed by atoms with Gasteiger partial charge in [-0.1, -0.05) is 32.9 Å². The van der Waals surface area contributed by atoms with E-state index in [4.69, 9.17) is 0 Å². The molecular weight excluding hydrogens is 454 g/mol. The lowest BCUT2D eigenvalue weighted by Gasteiger charge is -2.31. The van der Waals surface area contributed by atoms with Gasteiger partial charge in [-0.25, -0.2) is 4.98 Å². The Labute approximate surface area is 206 Å². The number of aromatic hydroxyl groups is 1. The summed E-state index contributed by atoms with van der Waals surface area (Å²) >= 11 is 1.68. The second-order valence-electron chi connectivity index (χ2n) is 8.78. The molecule has 0 saturated carbocycles. The molecule has 0 spiro atoms. The van der Waals surface area contributed by atoms with Gasteiger partial charge in [0.05, 0.1) is 35.0 Å². The Morgan fingerprint density at radius 2 is 2.06 bits per heavy atom. The van der Waals surface area contributed by atoms with E-state index >= 15 is 0 Å². The Balaban J connectivity index is 0.00000306. The zero-order valence-corrected chi connectivity index (χ0v) is 21.3. The van der Waals surface area contributed by atoms with Gasteiger partial charge in [0, 0.05) is 10.6 Å². The molecule has 1 N–H and O–H groups in total. The van der Waals surface area contributed by atoms with Gasteiger partial charge in [0.15, 0.2) is 0 Å². The highest BCUT2D eigenvalue weighted by Gasteiger charge is 2.32. The van der Waals surface area contributed by atoms with Crippen molar-refractivity contribution in [2.75, 3.05) is 4.90 Å². The molecule has 1 atom stereocenters. The number of phenols is 1. The van der Waals surface area contributed by atoms with Gasteiger partial charge in [-0.05, 0) is 67.9 Å². The first-order chi connectivity index (χ1) is 15.4. The summed E-state index contributed by atoms with van der Waals surface area (Å²) in [7, 11) is 0. The average Bonchev–Trinajstić information content (AvgIpc) is 3.16. The molecule has 2 aromatic heterocycles. The maximum atomic E-state index is 14.0. The first-order valence-corrected chi connectivity index (χ1v) is 12.2. The largest absolute Gasteiger partial charge is 0.508 e. The Bertz CT molecular complexity index is 1110. The maximum absolute atomic E-state index is 14.0. The molecule has 0 fully saturated rings. The zero-order chi connectivity index (χ0) is 22.8. The summed E-state index contributed by atoms with van der Waals surface area (Å²) in [5.74, 6) is 0.411. The molecule has 1 aliphatic rings. The predicted molar refractivity (Wildman–Crippen MR) is 137 cm³/mol. The molecule has 0 radical (unpaired) electrons. The molecule has 5 nitrogen and oxygen atoms in total. The fourth-order valence-electron chi connectivity index (χ4n) is 4.40. The number of nitrogens with zero attached hydrogens (tertiary/aromatic N) is 3. The number of fused-ring (bicyclic) bond motifs is 1. The minimum Gasteiger partial charge on any atom is -0.508 e. The number of hydrogen-bond donors (Lipinski definition) is 1. The average molecular weight is 486 g/mol. The third-order valence-corrected chi connectivity index (χ3v) is 7.55. The van der Waals surface area contributed by atoms with Crippen LogP contribution < -0.4 is 4.90 Å².